The summed E-state index contributed by atoms with van der Waals surface area (Å²) in [5.74, 6) is -0.0696. The Morgan fingerprint density at radius 2 is 0.800 bits per heavy atom. The molecular formula is C51H85NO3. The van der Waals surface area contributed by atoms with Crippen molar-refractivity contribution in [2.75, 3.05) is 6.61 Å². The maximum absolute atomic E-state index is 12.4. The second-order valence-corrected chi connectivity index (χ2v) is 14.7. The average Bonchev–Trinajstić information content (AvgIpc) is 3.19. The van der Waals surface area contributed by atoms with Gasteiger partial charge < -0.3 is 15.5 Å². The van der Waals surface area contributed by atoms with E-state index in [1.54, 1.807) is 0 Å². The number of rotatable bonds is 39. The summed E-state index contributed by atoms with van der Waals surface area (Å²) >= 11 is 0. The van der Waals surface area contributed by atoms with Crippen LogP contribution >= 0.6 is 0 Å². The first-order valence-electron chi connectivity index (χ1n) is 22.6. The molecule has 0 heterocycles. The minimum absolute atomic E-state index is 0.0696. The molecule has 3 N–H and O–H groups in total. The molecule has 0 fully saturated rings. The Kier molecular flexibility index (Phi) is 43.0. The highest BCUT2D eigenvalue weighted by Crippen LogP contribution is 2.14. The predicted molar refractivity (Wildman–Crippen MR) is 243 cm³/mol. The fourth-order valence-electron chi connectivity index (χ4n) is 6.12. The van der Waals surface area contributed by atoms with Gasteiger partial charge in [-0.05, 0) is 83.5 Å². The van der Waals surface area contributed by atoms with E-state index in [9.17, 15) is 15.0 Å². The van der Waals surface area contributed by atoms with Crippen LogP contribution in [0.3, 0.4) is 0 Å². The molecule has 0 bridgehead atoms. The van der Waals surface area contributed by atoms with Gasteiger partial charge in [0.15, 0.2) is 0 Å². The highest BCUT2D eigenvalue weighted by Gasteiger charge is 2.19. The molecule has 1 amide bonds. The zero-order valence-corrected chi connectivity index (χ0v) is 35.6. The number of hydrogen-bond donors (Lipinski definition) is 3. The van der Waals surface area contributed by atoms with Gasteiger partial charge in [-0.1, -0.05) is 207 Å². The number of aliphatic hydroxyl groups is 2. The lowest BCUT2D eigenvalue weighted by Crippen LogP contribution is -2.45. The number of nitrogens with one attached hydrogen (secondary N) is 1. The smallest absolute Gasteiger partial charge is 0.220 e. The van der Waals surface area contributed by atoms with Crippen molar-refractivity contribution in [2.45, 2.75) is 199 Å². The van der Waals surface area contributed by atoms with E-state index in [4.69, 9.17) is 0 Å². The molecule has 0 saturated carbocycles. The number of hydrogen-bond acceptors (Lipinski definition) is 3. The van der Waals surface area contributed by atoms with Crippen molar-refractivity contribution in [1.29, 1.82) is 0 Å². The average molecular weight is 760 g/mol. The van der Waals surface area contributed by atoms with Crippen molar-refractivity contribution < 1.29 is 15.0 Å². The molecule has 0 aromatic carbocycles. The summed E-state index contributed by atoms with van der Waals surface area (Å²) in [6.45, 7) is 4.21. The van der Waals surface area contributed by atoms with Crippen LogP contribution in [-0.4, -0.2) is 34.9 Å². The maximum Gasteiger partial charge on any atom is 0.220 e. The molecule has 0 spiro atoms. The van der Waals surface area contributed by atoms with E-state index in [-0.39, 0.29) is 12.5 Å². The van der Waals surface area contributed by atoms with Crippen molar-refractivity contribution in [2.24, 2.45) is 0 Å². The van der Waals surface area contributed by atoms with E-state index in [1.807, 2.05) is 0 Å². The van der Waals surface area contributed by atoms with E-state index in [2.05, 4.69) is 129 Å². The van der Waals surface area contributed by atoms with Crippen molar-refractivity contribution in [1.82, 2.24) is 5.32 Å². The molecule has 2 unspecified atom stereocenters. The molecule has 0 radical (unpaired) electrons. The molecule has 0 rings (SSSR count). The molecule has 4 nitrogen and oxygen atoms in total. The first-order chi connectivity index (χ1) is 27.2. The molecule has 55 heavy (non-hydrogen) atoms. The fraction of sp³-hybridized carbons (Fsp3) is 0.627. The Hall–Kier alpha value is -2.95. The molecule has 0 aliphatic carbocycles. The minimum atomic E-state index is -0.680. The third kappa shape index (κ3) is 42.0. The molecule has 0 saturated heterocycles. The fourth-order valence-corrected chi connectivity index (χ4v) is 6.12. The topological polar surface area (TPSA) is 69.6 Å². The van der Waals surface area contributed by atoms with Crippen LogP contribution in [0.4, 0.5) is 0 Å². The third-order valence-corrected chi connectivity index (χ3v) is 9.55. The van der Waals surface area contributed by atoms with Gasteiger partial charge in [0, 0.05) is 6.42 Å². The Bertz CT molecular complexity index is 1090. The molecule has 0 aromatic heterocycles. The number of carbonyl (C=O) groups is 1. The minimum Gasteiger partial charge on any atom is -0.394 e. The molecule has 0 aliphatic rings. The number of amides is 1. The standard InChI is InChI=1S/C51H85NO3/c1-3-5-7-9-11-13-15-17-18-19-20-21-22-23-24-25-26-27-28-29-30-31-32-33-34-35-37-39-41-43-45-47-51(55)52-49(48-53)50(54)46-44-42-40-38-36-16-14-12-10-8-6-4-2/h5,7,11,13,17-18,20-21,23-24,26-27,29-30,32-33,35,37,49-50,53-54H,3-4,6,8-10,12,14-16,19,22,25,28,31,34,36,38-48H2,1-2H3,(H,52,55)/b7-5-,13-11-,18-17-,21-20-,24-23-,27-26-,30-29-,33-32-,37-35-. The Morgan fingerprint density at radius 1 is 0.455 bits per heavy atom. The molecule has 312 valence electrons. The lowest BCUT2D eigenvalue weighted by Gasteiger charge is -2.22. The summed E-state index contributed by atoms with van der Waals surface area (Å²) in [5, 5.41) is 23.1. The predicted octanol–water partition coefficient (Wildman–Crippen LogP) is 14.4. The molecular weight excluding hydrogens is 675 g/mol. The number of aliphatic hydroxyl groups excluding tert-OH is 2. The summed E-state index contributed by atoms with van der Waals surface area (Å²) in [4.78, 5) is 12.4. The molecule has 0 aromatic rings. The van der Waals surface area contributed by atoms with E-state index >= 15 is 0 Å². The van der Waals surface area contributed by atoms with Gasteiger partial charge in [0.2, 0.25) is 5.91 Å². The van der Waals surface area contributed by atoms with Gasteiger partial charge in [0.25, 0.3) is 0 Å². The van der Waals surface area contributed by atoms with Crippen molar-refractivity contribution >= 4 is 5.91 Å². The monoisotopic (exact) mass is 760 g/mol. The van der Waals surface area contributed by atoms with Gasteiger partial charge in [-0.25, -0.2) is 0 Å². The lowest BCUT2D eigenvalue weighted by atomic mass is 10.0. The van der Waals surface area contributed by atoms with Crippen LogP contribution in [0.15, 0.2) is 109 Å². The second kappa shape index (κ2) is 45.4. The van der Waals surface area contributed by atoms with Crippen LogP contribution in [-0.2, 0) is 4.79 Å². The van der Waals surface area contributed by atoms with Crippen LogP contribution in [0.5, 0.6) is 0 Å². The normalized spacial score (nSPS) is 14.0. The summed E-state index contributed by atoms with van der Waals surface area (Å²) in [7, 11) is 0. The van der Waals surface area contributed by atoms with Gasteiger partial charge >= 0.3 is 0 Å². The van der Waals surface area contributed by atoms with Crippen LogP contribution in [0.1, 0.15) is 187 Å². The van der Waals surface area contributed by atoms with Gasteiger partial charge in [-0.15, -0.1) is 0 Å². The molecule has 2 atom stereocenters. The summed E-state index contributed by atoms with van der Waals surface area (Å²) in [5.41, 5.74) is 0. The number of allylic oxidation sites excluding steroid dienone is 18. The largest absolute Gasteiger partial charge is 0.394 e. The Labute approximate surface area is 340 Å². The van der Waals surface area contributed by atoms with E-state index in [0.29, 0.717) is 12.8 Å². The van der Waals surface area contributed by atoms with Crippen LogP contribution in [0.2, 0.25) is 0 Å². The number of unbranched alkanes of at least 4 members (excludes halogenated alkanes) is 14. The van der Waals surface area contributed by atoms with E-state index < -0.39 is 12.1 Å². The first-order valence-corrected chi connectivity index (χ1v) is 22.6. The zero-order chi connectivity index (χ0) is 40.0. The quantitative estimate of drug-likeness (QED) is 0.0432. The van der Waals surface area contributed by atoms with E-state index in [1.165, 1.54) is 64.2 Å². The molecule has 0 aliphatic heterocycles. The highest BCUT2D eigenvalue weighted by molar-refractivity contribution is 5.76. The van der Waals surface area contributed by atoms with Crippen LogP contribution in [0.25, 0.3) is 0 Å². The maximum atomic E-state index is 12.4. The van der Waals surface area contributed by atoms with Crippen LogP contribution < -0.4 is 5.32 Å². The second-order valence-electron chi connectivity index (χ2n) is 14.7. The Balaban J connectivity index is 3.71. The van der Waals surface area contributed by atoms with Crippen molar-refractivity contribution in [3.63, 3.8) is 0 Å². The van der Waals surface area contributed by atoms with Crippen LogP contribution in [0, 0.1) is 0 Å². The number of carbonyl (C=O) groups excluding carboxylic acids is 1. The summed E-state index contributed by atoms with van der Waals surface area (Å²) in [6.07, 6.45) is 68.8. The molecule has 4 heteroatoms. The van der Waals surface area contributed by atoms with Gasteiger partial charge in [0.1, 0.15) is 0 Å². The van der Waals surface area contributed by atoms with E-state index in [0.717, 1.165) is 96.3 Å². The van der Waals surface area contributed by atoms with Crippen molar-refractivity contribution in [3.05, 3.63) is 109 Å². The van der Waals surface area contributed by atoms with Gasteiger partial charge in [-0.2, -0.15) is 0 Å². The lowest BCUT2D eigenvalue weighted by molar-refractivity contribution is -0.123. The van der Waals surface area contributed by atoms with Gasteiger partial charge in [0.05, 0.1) is 18.8 Å². The van der Waals surface area contributed by atoms with Crippen molar-refractivity contribution in [3.8, 4) is 0 Å². The van der Waals surface area contributed by atoms with Gasteiger partial charge in [-0.3, -0.25) is 4.79 Å². The zero-order valence-electron chi connectivity index (χ0n) is 35.6. The SMILES string of the molecule is CC/C=C\C/C=C\C/C=C\C/C=C\C/C=C\C/C=C\C/C=C\C/C=C\C/C=C\CCCCCC(=O)NC(CO)C(O)CCCCCCCCCCCCCC. The summed E-state index contributed by atoms with van der Waals surface area (Å²) < 4.78 is 0. The first kappa shape index (κ1) is 52.0. The third-order valence-electron chi connectivity index (χ3n) is 9.55. The Morgan fingerprint density at radius 3 is 1.18 bits per heavy atom. The highest BCUT2D eigenvalue weighted by atomic mass is 16.3. The summed E-state index contributed by atoms with van der Waals surface area (Å²) in [6, 6.07) is -0.561.